The Labute approximate surface area is 132 Å². The molecule has 3 unspecified atom stereocenters. The number of amides is 2. The Bertz CT molecular complexity index is 489. The molecule has 5 nitrogen and oxygen atoms in total. The van der Waals surface area contributed by atoms with E-state index in [1.54, 1.807) is 4.90 Å². The molecule has 122 valence electrons. The van der Waals surface area contributed by atoms with Crippen molar-refractivity contribution in [2.24, 2.45) is 0 Å². The monoisotopic (exact) mass is 306 g/mol. The van der Waals surface area contributed by atoms with Gasteiger partial charge >= 0.3 is 6.03 Å². The SMILES string of the molecule is CCN(CC(O)c1ccc(C)cc1)C(=O)NC1CCOC1C. The third-order valence-electron chi connectivity index (χ3n) is 4.21. The highest BCUT2D eigenvalue weighted by Gasteiger charge is 2.27. The number of urea groups is 1. The molecule has 0 spiro atoms. The van der Waals surface area contributed by atoms with Crippen LogP contribution in [0.25, 0.3) is 0 Å². The number of benzene rings is 1. The minimum Gasteiger partial charge on any atom is -0.387 e. The lowest BCUT2D eigenvalue weighted by molar-refractivity contribution is 0.105. The molecule has 2 amide bonds. The van der Waals surface area contributed by atoms with Crippen LogP contribution in [0.1, 0.15) is 37.5 Å². The highest BCUT2D eigenvalue weighted by molar-refractivity contribution is 5.74. The molecule has 1 aromatic rings. The molecule has 0 radical (unpaired) electrons. The van der Waals surface area contributed by atoms with Gasteiger partial charge in [-0.3, -0.25) is 0 Å². The Morgan fingerprint density at radius 2 is 2.14 bits per heavy atom. The summed E-state index contributed by atoms with van der Waals surface area (Å²) in [5.74, 6) is 0. The Morgan fingerprint density at radius 3 is 2.68 bits per heavy atom. The van der Waals surface area contributed by atoms with E-state index < -0.39 is 6.10 Å². The highest BCUT2D eigenvalue weighted by atomic mass is 16.5. The van der Waals surface area contributed by atoms with Crippen molar-refractivity contribution in [2.45, 2.75) is 45.4 Å². The van der Waals surface area contributed by atoms with Gasteiger partial charge < -0.3 is 20.1 Å². The zero-order valence-electron chi connectivity index (χ0n) is 13.6. The number of nitrogens with one attached hydrogen (secondary N) is 1. The summed E-state index contributed by atoms with van der Waals surface area (Å²) >= 11 is 0. The predicted molar refractivity (Wildman–Crippen MR) is 85.7 cm³/mol. The van der Waals surface area contributed by atoms with Gasteiger partial charge in [0.25, 0.3) is 0 Å². The van der Waals surface area contributed by atoms with Crippen LogP contribution in [0, 0.1) is 6.92 Å². The molecule has 2 N–H and O–H groups in total. The summed E-state index contributed by atoms with van der Waals surface area (Å²) in [5.41, 5.74) is 1.98. The van der Waals surface area contributed by atoms with E-state index in [0.717, 1.165) is 17.5 Å². The number of aliphatic hydroxyl groups is 1. The minimum atomic E-state index is -0.677. The van der Waals surface area contributed by atoms with Gasteiger partial charge in [-0.15, -0.1) is 0 Å². The summed E-state index contributed by atoms with van der Waals surface area (Å²) in [7, 11) is 0. The lowest BCUT2D eigenvalue weighted by atomic mass is 10.1. The van der Waals surface area contributed by atoms with Crippen LogP contribution in [-0.4, -0.2) is 47.9 Å². The molecule has 0 bridgehead atoms. The summed E-state index contributed by atoms with van der Waals surface area (Å²) in [6.07, 6.45) is 0.207. The summed E-state index contributed by atoms with van der Waals surface area (Å²) in [6, 6.07) is 7.64. The molecule has 0 aromatic heterocycles. The van der Waals surface area contributed by atoms with Crippen LogP contribution in [0.5, 0.6) is 0 Å². The van der Waals surface area contributed by atoms with E-state index in [-0.39, 0.29) is 24.7 Å². The Morgan fingerprint density at radius 1 is 1.45 bits per heavy atom. The number of carbonyl (C=O) groups is 1. The van der Waals surface area contributed by atoms with Crippen molar-refractivity contribution < 1.29 is 14.6 Å². The summed E-state index contributed by atoms with van der Waals surface area (Å²) in [6.45, 7) is 7.41. The van der Waals surface area contributed by atoms with Crippen LogP contribution in [0.2, 0.25) is 0 Å². The minimum absolute atomic E-state index is 0.0460. The summed E-state index contributed by atoms with van der Waals surface area (Å²) in [4.78, 5) is 14.0. The van der Waals surface area contributed by atoms with Crippen molar-refractivity contribution in [2.75, 3.05) is 19.7 Å². The van der Waals surface area contributed by atoms with Crippen LogP contribution in [0.3, 0.4) is 0 Å². The van der Waals surface area contributed by atoms with Crippen LogP contribution < -0.4 is 5.32 Å². The molecule has 2 rings (SSSR count). The summed E-state index contributed by atoms with van der Waals surface area (Å²) < 4.78 is 5.46. The summed E-state index contributed by atoms with van der Waals surface area (Å²) in [5, 5.41) is 13.3. The van der Waals surface area contributed by atoms with Crippen molar-refractivity contribution in [1.29, 1.82) is 0 Å². The predicted octanol–water partition coefficient (Wildman–Crippen LogP) is 2.24. The van der Waals surface area contributed by atoms with Crippen molar-refractivity contribution in [3.05, 3.63) is 35.4 Å². The van der Waals surface area contributed by atoms with Gasteiger partial charge in [0.05, 0.1) is 24.8 Å². The van der Waals surface area contributed by atoms with Crippen molar-refractivity contribution in [1.82, 2.24) is 10.2 Å². The Balaban J connectivity index is 1.92. The van der Waals surface area contributed by atoms with E-state index in [2.05, 4.69) is 5.32 Å². The van der Waals surface area contributed by atoms with Crippen molar-refractivity contribution >= 4 is 6.03 Å². The standard InChI is InChI=1S/C17H26N2O3/c1-4-19(17(21)18-15-9-10-22-13(15)3)11-16(20)14-7-5-12(2)6-8-14/h5-8,13,15-16,20H,4,9-11H2,1-3H3,(H,18,21). The number of rotatable bonds is 5. The number of carbonyl (C=O) groups excluding carboxylic acids is 1. The highest BCUT2D eigenvalue weighted by Crippen LogP contribution is 2.16. The normalized spacial score (nSPS) is 22.4. The first-order chi connectivity index (χ1) is 10.5. The van der Waals surface area contributed by atoms with Crippen LogP contribution in [-0.2, 0) is 4.74 Å². The van der Waals surface area contributed by atoms with Crippen LogP contribution in [0.4, 0.5) is 4.79 Å². The first-order valence-corrected chi connectivity index (χ1v) is 7.93. The Hall–Kier alpha value is -1.59. The molecule has 1 saturated heterocycles. The van der Waals surface area contributed by atoms with E-state index in [9.17, 15) is 9.90 Å². The van der Waals surface area contributed by atoms with E-state index in [4.69, 9.17) is 4.74 Å². The average molecular weight is 306 g/mol. The lowest BCUT2D eigenvalue weighted by Gasteiger charge is -2.27. The average Bonchev–Trinajstić information content (AvgIpc) is 2.90. The van der Waals surface area contributed by atoms with Gasteiger partial charge in [-0.1, -0.05) is 29.8 Å². The molecule has 1 heterocycles. The zero-order chi connectivity index (χ0) is 16.1. The molecule has 0 aliphatic carbocycles. The molecule has 3 atom stereocenters. The molecule has 22 heavy (non-hydrogen) atoms. The number of aryl methyl sites for hydroxylation is 1. The van der Waals surface area contributed by atoms with E-state index >= 15 is 0 Å². The van der Waals surface area contributed by atoms with Gasteiger partial charge in [-0.25, -0.2) is 4.79 Å². The first-order valence-electron chi connectivity index (χ1n) is 7.93. The number of ether oxygens (including phenoxy) is 1. The fourth-order valence-electron chi connectivity index (χ4n) is 2.63. The fourth-order valence-corrected chi connectivity index (χ4v) is 2.63. The third-order valence-corrected chi connectivity index (χ3v) is 4.21. The van der Waals surface area contributed by atoms with Crippen LogP contribution >= 0.6 is 0 Å². The molecule has 1 aliphatic rings. The number of hydrogen-bond acceptors (Lipinski definition) is 3. The van der Waals surface area contributed by atoms with Crippen LogP contribution in [0.15, 0.2) is 24.3 Å². The maximum Gasteiger partial charge on any atom is 0.317 e. The van der Waals surface area contributed by atoms with E-state index in [1.165, 1.54) is 0 Å². The van der Waals surface area contributed by atoms with Gasteiger partial charge in [0.1, 0.15) is 0 Å². The van der Waals surface area contributed by atoms with Gasteiger partial charge in [0, 0.05) is 13.2 Å². The molecular formula is C17H26N2O3. The maximum absolute atomic E-state index is 12.3. The molecule has 5 heteroatoms. The molecule has 0 saturated carbocycles. The fraction of sp³-hybridized carbons (Fsp3) is 0.588. The zero-order valence-corrected chi connectivity index (χ0v) is 13.6. The Kier molecular flexibility index (Phi) is 5.80. The third kappa shape index (κ3) is 4.21. The van der Waals surface area contributed by atoms with Gasteiger partial charge in [0.15, 0.2) is 0 Å². The van der Waals surface area contributed by atoms with Crippen molar-refractivity contribution in [3.63, 3.8) is 0 Å². The second-order valence-corrected chi connectivity index (χ2v) is 5.89. The van der Waals surface area contributed by atoms with Crippen molar-refractivity contribution in [3.8, 4) is 0 Å². The second kappa shape index (κ2) is 7.61. The quantitative estimate of drug-likeness (QED) is 0.877. The first kappa shape index (κ1) is 16.8. The topological polar surface area (TPSA) is 61.8 Å². The number of aliphatic hydroxyl groups excluding tert-OH is 1. The molecule has 1 aliphatic heterocycles. The van der Waals surface area contributed by atoms with E-state index in [1.807, 2.05) is 45.0 Å². The molecule has 1 fully saturated rings. The lowest BCUT2D eigenvalue weighted by Crippen LogP contribution is -2.48. The van der Waals surface area contributed by atoms with Gasteiger partial charge in [-0.05, 0) is 32.8 Å². The van der Waals surface area contributed by atoms with Gasteiger partial charge in [0.2, 0.25) is 0 Å². The van der Waals surface area contributed by atoms with Gasteiger partial charge in [-0.2, -0.15) is 0 Å². The second-order valence-electron chi connectivity index (χ2n) is 5.89. The number of likely N-dealkylation sites (N-methyl/N-ethyl adjacent to an activating group) is 1. The number of hydrogen-bond donors (Lipinski definition) is 2. The largest absolute Gasteiger partial charge is 0.387 e. The maximum atomic E-state index is 12.3. The molecule has 1 aromatic carbocycles. The van der Waals surface area contributed by atoms with E-state index in [0.29, 0.717) is 13.2 Å². The molecular weight excluding hydrogens is 280 g/mol. The number of nitrogens with zero attached hydrogens (tertiary/aromatic N) is 1. The smallest absolute Gasteiger partial charge is 0.317 e.